The van der Waals surface area contributed by atoms with Crippen LogP contribution in [0.2, 0.25) is 0 Å². The van der Waals surface area contributed by atoms with Gasteiger partial charge in [0, 0.05) is 18.3 Å². The van der Waals surface area contributed by atoms with E-state index in [1.807, 2.05) is 37.3 Å². The lowest BCUT2D eigenvalue weighted by Gasteiger charge is -2.22. The summed E-state index contributed by atoms with van der Waals surface area (Å²) in [6.07, 6.45) is 0.0839. The number of halogens is 2. The van der Waals surface area contributed by atoms with Crippen molar-refractivity contribution in [3.8, 4) is 11.5 Å². The number of amides is 2. The van der Waals surface area contributed by atoms with Gasteiger partial charge in [-0.25, -0.2) is 0 Å². The molecule has 6 nitrogen and oxygen atoms in total. The van der Waals surface area contributed by atoms with Crippen molar-refractivity contribution >= 4 is 57.0 Å². The van der Waals surface area contributed by atoms with Gasteiger partial charge in [0.25, 0.3) is 11.8 Å². The summed E-state index contributed by atoms with van der Waals surface area (Å²) in [6.45, 7) is 2.59. The quantitative estimate of drug-likeness (QED) is 0.231. The smallest absolute Gasteiger partial charge is 0.253 e. The number of hydrogen-bond donors (Lipinski definition) is 2. The minimum atomic E-state index is -0.783. The van der Waals surface area contributed by atoms with Gasteiger partial charge in [-0.1, -0.05) is 25.1 Å². The van der Waals surface area contributed by atoms with Gasteiger partial charge >= 0.3 is 0 Å². The van der Waals surface area contributed by atoms with E-state index in [0.29, 0.717) is 34.8 Å². The summed E-state index contributed by atoms with van der Waals surface area (Å²) >= 11 is 4.32. The SMILES string of the molecule is CCCOc1ccc(C(NC(=O)c2cccc(I)c2)NC(=O)c2cccc(I)c2)cc1OC. The Hall–Kier alpha value is -2.34. The van der Waals surface area contributed by atoms with Gasteiger partial charge in [-0.15, -0.1) is 0 Å². The zero-order valence-electron chi connectivity index (χ0n) is 18.2. The van der Waals surface area contributed by atoms with Gasteiger partial charge in [-0.2, -0.15) is 0 Å². The Morgan fingerprint density at radius 3 is 1.91 bits per heavy atom. The number of hydrogen-bond acceptors (Lipinski definition) is 4. The minimum Gasteiger partial charge on any atom is -0.493 e. The first-order valence-electron chi connectivity index (χ1n) is 10.3. The van der Waals surface area contributed by atoms with Crippen molar-refractivity contribution in [2.24, 2.45) is 0 Å². The molecule has 0 aromatic heterocycles. The summed E-state index contributed by atoms with van der Waals surface area (Å²) < 4.78 is 13.1. The fraction of sp³-hybridized carbons (Fsp3) is 0.200. The van der Waals surface area contributed by atoms with Gasteiger partial charge in [0.15, 0.2) is 11.5 Å². The lowest BCUT2D eigenvalue weighted by Crippen LogP contribution is -2.41. The fourth-order valence-electron chi connectivity index (χ4n) is 3.09. The van der Waals surface area contributed by atoms with Crippen molar-refractivity contribution in [2.75, 3.05) is 13.7 Å². The Morgan fingerprint density at radius 2 is 1.42 bits per heavy atom. The monoisotopic (exact) mass is 670 g/mol. The fourth-order valence-corrected chi connectivity index (χ4v) is 4.17. The highest BCUT2D eigenvalue weighted by Crippen LogP contribution is 2.30. The summed E-state index contributed by atoms with van der Waals surface area (Å²) in [5, 5.41) is 5.87. The van der Waals surface area contributed by atoms with Crippen LogP contribution < -0.4 is 20.1 Å². The standard InChI is InChI=1S/C25H24I2N2O4/c1-3-12-33-21-11-10-16(15-22(21)32-2)23(28-24(30)17-6-4-8-19(26)13-17)29-25(31)18-7-5-9-20(27)14-18/h4-11,13-15,23H,3,12H2,1-2H3,(H,28,30)(H,29,31). The molecule has 3 aromatic rings. The first kappa shape index (κ1) is 25.3. The van der Waals surface area contributed by atoms with Crippen LogP contribution in [0.5, 0.6) is 11.5 Å². The molecule has 8 heteroatoms. The lowest BCUT2D eigenvalue weighted by molar-refractivity contribution is 0.0883. The van der Waals surface area contributed by atoms with E-state index in [0.717, 1.165) is 13.6 Å². The summed E-state index contributed by atoms with van der Waals surface area (Å²) in [5.41, 5.74) is 1.67. The third-order valence-corrected chi connectivity index (χ3v) is 6.05. The molecule has 3 rings (SSSR count). The molecule has 0 unspecified atom stereocenters. The zero-order valence-corrected chi connectivity index (χ0v) is 22.5. The predicted octanol–water partition coefficient (Wildman–Crippen LogP) is 5.55. The molecule has 0 atom stereocenters. The summed E-state index contributed by atoms with van der Waals surface area (Å²) in [5.74, 6) is 0.533. The highest BCUT2D eigenvalue weighted by Gasteiger charge is 2.21. The van der Waals surface area contributed by atoms with E-state index in [2.05, 4.69) is 55.8 Å². The van der Waals surface area contributed by atoms with Crippen LogP contribution in [0.25, 0.3) is 0 Å². The molecular weight excluding hydrogens is 646 g/mol. The lowest BCUT2D eigenvalue weighted by atomic mass is 10.1. The van der Waals surface area contributed by atoms with Crippen molar-refractivity contribution in [1.29, 1.82) is 0 Å². The third-order valence-electron chi connectivity index (χ3n) is 4.71. The first-order valence-corrected chi connectivity index (χ1v) is 12.5. The molecule has 2 amide bonds. The van der Waals surface area contributed by atoms with Crippen LogP contribution in [-0.4, -0.2) is 25.5 Å². The Bertz CT molecular complexity index is 1080. The number of carbonyl (C=O) groups is 2. The van der Waals surface area contributed by atoms with Gasteiger partial charge in [-0.05, 0) is 106 Å². The van der Waals surface area contributed by atoms with Crippen molar-refractivity contribution < 1.29 is 19.1 Å². The van der Waals surface area contributed by atoms with Gasteiger partial charge in [0.1, 0.15) is 6.17 Å². The largest absolute Gasteiger partial charge is 0.493 e. The van der Waals surface area contributed by atoms with E-state index in [9.17, 15) is 9.59 Å². The van der Waals surface area contributed by atoms with Crippen LogP contribution in [0.3, 0.4) is 0 Å². The van der Waals surface area contributed by atoms with E-state index >= 15 is 0 Å². The van der Waals surface area contributed by atoms with Crippen LogP contribution in [-0.2, 0) is 0 Å². The van der Waals surface area contributed by atoms with E-state index in [1.165, 1.54) is 0 Å². The Morgan fingerprint density at radius 1 is 0.848 bits per heavy atom. The molecule has 3 aromatic carbocycles. The maximum absolute atomic E-state index is 13.0. The first-order chi connectivity index (χ1) is 15.9. The second-order valence-corrected chi connectivity index (χ2v) is 9.65. The second kappa shape index (κ2) is 12.2. The molecule has 0 aliphatic carbocycles. The van der Waals surface area contributed by atoms with Crippen molar-refractivity contribution in [3.05, 3.63) is 90.6 Å². The highest BCUT2D eigenvalue weighted by molar-refractivity contribution is 14.1. The number of nitrogens with one attached hydrogen (secondary N) is 2. The molecule has 33 heavy (non-hydrogen) atoms. The van der Waals surface area contributed by atoms with E-state index < -0.39 is 6.17 Å². The topological polar surface area (TPSA) is 76.7 Å². The molecule has 0 spiro atoms. The van der Waals surface area contributed by atoms with Gasteiger partial charge in [0.05, 0.1) is 13.7 Å². The molecule has 0 saturated carbocycles. The highest BCUT2D eigenvalue weighted by atomic mass is 127. The molecule has 0 aliphatic heterocycles. The van der Waals surface area contributed by atoms with Crippen LogP contribution in [0.1, 0.15) is 45.8 Å². The normalized spacial score (nSPS) is 10.6. The average Bonchev–Trinajstić information content (AvgIpc) is 2.82. The van der Waals surface area contributed by atoms with Crippen LogP contribution in [0, 0.1) is 7.14 Å². The van der Waals surface area contributed by atoms with Gasteiger partial charge in [-0.3, -0.25) is 9.59 Å². The predicted molar refractivity (Wildman–Crippen MR) is 145 cm³/mol. The van der Waals surface area contributed by atoms with Gasteiger partial charge < -0.3 is 20.1 Å². The number of ether oxygens (including phenoxy) is 2. The Balaban J connectivity index is 1.92. The summed E-state index contributed by atoms with van der Waals surface area (Å²) in [6, 6.07) is 19.9. The molecule has 172 valence electrons. The maximum atomic E-state index is 13.0. The molecule has 0 saturated heterocycles. The number of rotatable bonds is 9. The molecule has 0 bridgehead atoms. The zero-order chi connectivity index (χ0) is 23.8. The number of benzene rings is 3. The molecule has 2 N–H and O–H groups in total. The van der Waals surface area contributed by atoms with Crippen LogP contribution >= 0.6 is 45.2 Å². The minimum absolute atomic E-state index is 0.299. The summed E-state index contributed by atoms with van der Waals surface area (Å²) in [4.78, 5) is 26.0. The maximum Gasteiger partial charge on any atom is 0.253 e. The van der Waals surface area contributed by atoms with E-state index in [-0.39, 0.29) is 11.8 Å². The molecule has 0 heterocycles. The van der Waals surface area contributed by atoms with Crippen molar-refractivity contribution in [2.45, 2.75) is 19.5 Å². The Labute approximate surface area is 220 Å². The average molecular weight is 670 g/mol. The van der Waals surface area contributed by atoms with Crippen LogP contribution in [0.15, 0.2) is 66.7 Å². The van der Waals surface area contributed by atoms with Crippen LogP contribution in [0.4, 0.5) is 0 Å². The Kier molecular flexibility index (Phi) is 9.36. The van der Waals surface area contributed by atoms with Crippen molar-refractivity contribution in [3.63, 3.8) is 0 Å². The van der Waals surface area contributed by atoms with Gasteiger partial charge in [0.2, 0.25) is 0 Å². The molecule has 0 fully saturated rings. The number of methoxy groups -OCH3 is 1. The third kappa shape index (κ3) is 7.07. The number of carbonyl (C=O) groups excluding carboxylic acids is 2. The van der Waals surface area contributed by atoms with Crippen molar-refractivity contribution in [1.82, 2.24) is 10.6 Å². The molecular formula is C25H24I2N2O4. The molecule has 0 aliphatic rings. The molecule has 0 radical (unpaired) electrons. The summed E-state index contributed by atoms with van der Waals surface area (Å²) in [7, 11) is 1.56. The van der Waals surface area contributed by atoms with E-state index in [1.54, 1.807) is 43.5 Å². The second-order valence-electron chi connectivity index (χ2n) is 7.16. The van der Waals surface area contributed by atoms with E-state index in [4.69, 9.17) is 9.47 Å².